The van der Waals surface area contributed by atoms with E-state index in [1.54, 1.807) is 13.2 Å². The van der Waals surface area contributed by atoms with Crippen LogP contribution in [0.5, 0.6) is 17.4 Å². The summed E-state index contributed by atoms with van der Waals surface area (Å²) in [6, 6.07) is 13.7. The van der Waals surface area contributed by atoms with Gasteiger partial charge < -0.3 is 44.5 Å². The van der Waals surface area contributed by atoms with E-state index in [1.165, 1.54) is 5.56 Å². The Labute approximate surface area is 252 Å². The molecule has 1 aliphatic rings. The number of benzene rings is 2. The van der Waals surface area contributed by atoms with Gasteiger partial charge in [-0.1, -0.05) is 44.2 Å². The molecule has 1 aliphatic heterocycles. The Kier molecular flexibility index (Phi) is 11.0. The Morgan fingerprint density at radius 2 is 1.67 bits per heavy atom. The number of aliphatic hydroxyl groups is 5. The van der Waals surface area contributed by atoms with Gasteiger partial charge in [0.15, 0.2) is 0 Å². The minimum absolute atomic E-state index is 0.0349. The maximum Gasteiger partial charge on any atom is 0.239 e. The fraction of sp³-hybridized carbons (Fsp3) is 0.531. The fourth-order valence-corrected chi connectivity index (χ4v) is 5.09. The zero-order valence-corrected chi connectivity index (χ0v) is 25.4. The molecule has 236 valence electrons. The van der Waals surface area contributed by atoms with Crippen LogP contribution in [-0.2, 0) is 11.2 Å². The number of ether oxygens (including phenoxy) is 4. The van der Waals surface area contributed by atoms with Crippen molar-refractivity contribution in [1.29, 1.82) is 0 Å². The van der Waals surface area contributed by atoms with Crippen LogP contribution in [0.4, 0.5) is 0 Å². The molecule has 0 aliphatic carbocycles. The molecule has 0 amide bonds. The largest absolute Gasteiger partial charge is 0.496 e. The average molecular weight is 601 g/mol. The van der Waals surface area contributed by atoms with Crippen molar-refractivity contribution in [3.63, 3.8) is 0 Å². The van der Waals surface area contributed by atoms with Gasteiger partial charge in [-0.3, -0.25) is 4.68 Å². The van der Waals surface area contributed by atoms with Gasteiger partial charge in [0.05, 0.1) is 26.0 Å². The van der Waals surface area contributed by atoms with Gasteiger partial charge >= 0.3 is 0 Å². The molecule has 0 radical (unpaired) electrons. The summed E-state index contributed by atoms with van der Waals surface area (Å²) < 4.78 is 25.1. The van der Waals surface area contributed by atoms with Crippen LogP contribution in [0.15, 0.2) is 42.5 Å². The van der Waals surface area contributed by atoms with E-state index in [1.807, 2.05) is 42.8 Å². The molecule has 2 aromatic carbocycles. The minimum atomic E-state index is -1.59. The Hall–Kier alpha value is -3.19. The molecule has 0 bridgehead atoms. The highest BCUT2D eigenvalue weighted by Gasteiger charge is 2.45. The second-order valence-corrected chi connectivity index (χ2v) is 11.3. The van der Waals surface area contributed by atoms with Crippen molar-refractivity contribution in [3.8, 4) is 28.6 Å². The lowest BCUT2D eigenvalue weighted by molar-refractivity contribution is -0.278. The molecule has 43 heavy (non-hydrogen) atoms. The zero-order valence-electron chi connectivity index (χ0n) is 25.4. The van der Waals surface area contributed by atoms with E-state index in [4.69, 9.17) is 29.2 Å². The lowest BCUT2D eigenvalue weighted by Crippen LogP contribution is -2.60. The highest BCUT2D eigenvalue weighted by Crippen LogP contribution is 2.39. The molecule has 0 spiro atoms. The van der Waals surface area contributed by atoms with E-state index in [0.29, 0.717) is 42.4 Å². The van der Waals surface area contributed by atoms with Crippen molar-refractivity contribution in [3.05, 3.63) is 59.2 Å². The minimum Gasteiger partial charge on any atom is -0.496 e. The molecule has 5 N–H and O–H groups in total. The predicted octanol–water partition coefficient (Wildman–Crippen LogP) is 2.79. The van der Waals surface area contributed by atoms with Crippen molar-refractivity contribution >= 4 is 0 Å². The van der Waals surface area contributed by atoms with Gasteiger partial charge in [0.1, 0.15) is 35.9 Å². The maximum atomic E-state index is 10.7. The monoisotopic (exact) mass is 600 g/mol. The van der Waals surface area contributed by atoms with E-state index < -0.39 is 37.3 Å². The van der Waals surface area contributed by atoms with Crippen molar-refractivity contribution in [2.75, 3.05) is 26.9 Å². The van der Waals surface area contributed by atoms with Crippen LogP contribution < -0.4 is 14.2 Å². The van der Waals surface area contributed by atoms with Crippen LogP contribution in [-0.4, -0.2) is 92.9 Å². The molecule has 0 unspecified atom stereocenters. The van der Waals surface area contributed by atoms with E-state index in [0.717, 1.165) is 16.8 Å². The molecule has 1 aromatic heterocycles. The molecule has 0 saturated carbocycles. The maximum absolute atomic E-state index is 10.7. The summed E-state index contributed by atoms with van der Waals surface area (Å²) in [6.45, 7) is 8.10. The molecule has 3 aromatic rings. The van der Waals surface area contributed by atoms with E-state index in [9.17, 15) is 20.4 Å². The molecule has 1 saturated heterocycles. The van der Waals surface area contributed by atoms with E-state index >= 15 is 0 Å². The molecular formula is C32H44N2O9. The third-order valence-corrected chi connectivity index (χ3v) is 7.58. The number of methoxy groups -OCH3 is 1. The fourth-order valence-electron chi connectivity index (χ4n) is 5.09. The molecule has 5 atom stereocenters. The lowest BCUT2D eigenvalue weighted by atomic mass is 9.96. The van der Waals surface area contributed by atoms with Crippen molar-refractivity contribution in [2.24, 2.45) is 0 Å². The number of rotatable bonds is 13. The standard InChI is InChI=1S/C32H44N2O9/c1-18(2)20-7-9-21(10-8-20)27-24(15-22-11-12-23(16-25(22)40-5)41-14-6-13-35)31(33-34(27)19(3)4)43-32-30(39)29(38)28(37)26(17-36)42-32/h7-12,16,18-19,26,28-30,32,35-39H,6,13-15,17H2,1-5H3/t26-,28-,29+,30-,32+/m1/s1. The van der Waals surface area contributed by atoms with Gasteiger partial charge in [-0.15, -0.1) is 5.10 Å². The third kappa shape index (κ3) is 7.31. The normalized spacial score (nSPS) is 22.3. The van der Waals surface area contributed by atoms with Gasteiger partial charge in [0.2, 0.25) is 12.2 Å². The van der Waals surface area contributed by atoms with Gasteiger partial charge in [0.25, 0.3) is 0 Å². The van der Waals surface area contributed by atoms with Crippen LogP contribution in [0.25, 0.3) is 11.3 Å². The Balaban J connectivity index is 1.81. The van der Waals surface area contributed by atoms with Crippen LogP contribution in [0.1, 0.15) is 62.8 Å². The average Bonchev–Trinajstić information content (AvgIpc) is 3.35. The number of aromatic nitrogens is 2. The molecule has 11 nitrogen and oxygen atoms in total. The van der Waals surface area contributed by atoms with Crippen molar-refractivity contribution in [2.45, 2.75) is 83.2 Å². The summed E-state index contributed by atoms with van der Waals surface area (Å²) in [4.78, 5) is 0. The molecule has 1 fully saturated rings. The predicted molar refractivity (Wildman–Crippen MR) is 160 cm³/mol. The SMILES string of the molecule is COc1cc(OCCCO)ccc1Cc1c(O[C@@H]2O[C@H](CO)[C@@H](O)[C@H](O)[C@H]2O)nn(C(C)C)c1-c1ccc(C(C)C)cc1. The quantitative estimate of drug-likeness (QED) is 0.185. The van der Waals surface area contributed by atoms with Crippen LogP contribution >= 0.6 is 0 Å². The summed E-state index contributed by atoms with van der Waals surface area (Å²) in [5, 5.41) is 54.9. The Bertz CT molecular complexity index is 1320. The summed E-state index contributed by atoms with van der Waals surface area (Å²) in [6.07, 6.45) is -6.38. The molecule has 2 heterocycles. The van der Waals surface area contributed by atoms with E-state index in [2.05, 4.69) is 26.0 Å². The third-order valence-electron chi connectivity index (χ3n) is 7.58. The lowest BCUT2D eigenvalue weighted by Gasteiger charge is -2.39. The highest BCUT2D eigenvalue weighted by molar-refractivity contribution is 5.68. The summed E-state index contributed by atoms with van der Waals surface area (Å²) >= 11 is 0. The molecular weight excluding hydrogens is 556 g/mol. The number of nitrogens with zero attached hydrogens (tertiary/aromatic N) is 2. The highest BCUT2D eigenvalue weighted by atomic mass is 16.7. The topological polar surface area (TPSA) is 156 Å². The van der Waals surface area contributed by atoms with E-state index in [-0.39, 0.29) is 18.5 Å². The van der Waals surface area contributed by atoms with Gasteiger partial charge in [-0.05, 0) is 37.0 Å². The number of hydrogen-bond acceptors (Lipinski definition) is 10. The van der Waals surface area contributed by atoms with Crippen LogP contribution in [0, 0.1) is 0 Å². The first-order chi connectivity index (χ1) is 20.6. The zero-order chi connectivity index (χ0) is 31.3. The second-order valence-electron chi connectivity index (χ2n) is 11.3. The number of aliphatic hydroxyl groups excluding tert-OH is 5. The smallest absolute Gasteiger partial charge is 0.239 e. The van der Waals surface area contributed by atoms with Crippen molar-refractivity contribution in [1.82, 2.24) is 9.78 Å². The number of hydrogen-bond donors (Lipinski definition) is 5. The first-order valence-electron chi connectivity index (χ1n) is 14.7. The van der Waals surface area contributed by atoms with Crippen LogP contribution in [0.2, 0.25) is 0 Å². The summed E-state index contributed by atoms with van der Waals surface area (Å²) in [5.74, 6) is 1.72. The van der Waals surface area contributed by atoms with Crippen molar-refractivity contribution < 1.29 is 44.5 Å². The Morgan fingerprint density at radius 3 is 2.28 bits per heavy atom. The van der Waals surface area contributed by atoms with Crippen LogP contribution in [0.3, 0.4) is 0 Å². The Morgan fingerprint density at radius 1 is 0.953 bits per heavy atom. The summed E-state index contributed by atoms with van der Waals surface area (Å²) in [7, 11) is 1.57. The summed E-state index contributed by atoms with van der Waals surface area (Å²) in [5.41, 5.74) is 4.41. The first kappa shape index (κ1) is 32.7. The van der Waals surface area contributed by atoms with Gasteiger partial charge in [0, 0.05) is 42.7 Å². The van der Waals surface area contributed by atoms with Gasteiger partial charge in [-0.2, -0.15) is 0 Å². The second kappa shape index (κ2) is 14.5. The molecule has 4 rings (SSSR count). The molecule has 11 heteroatoms. The van der Waals surface area contributed by atoms with Gasteiger partial charge in [-0.25, -0.2) is 0 Å². The first-order valence-corrected chi connectivity index (χ1v) is 14.7.